The quantitative estimate of drug-likeness (QED) is 0.182. The number of fused-ring (bicyclic) bond motifs is 11. The van der Waals surface area contributed by atoms with E-state index < -0.39 is 0 Å². The van der Waals surface area contributed by atoms with Crippen LogP contribution in [0, 0.1) is 0 Å². The van der Waals surface area contributed by atoms with E-state index in [1.165, 1.54) is 64.0 Å². The van der Waals surface area contributed by atoms with Crippen molar-refractivity contribution in [2.45, 2.75) is 0 Å². The predicted octanol–water partition coefficient (Wildman–Crippen LogP) is 13.5. The Morgan fingerprint density at radius 2 is 0.927 bits per heavy atom. The lowest BCUT2D eigenvalue weighted by Gasteiger charge is -2.15. The summed E-state index contributed by atoms with van der Waals surface area (Å²) in [6.45, 7) is 0. The molecule has 0 atom stereocenters. The fourth-order valence-electron chi connectivity index (χ4n) is 8.72. The third-order valence-corrected chi connectivity index (χ3v) is 12.3. The molecule has 0 amide bonds. The van der Waals surface area contributed by atoms with Crippen LogP contribution >= 0.6 is 11.3 Å². The summed E-state index contributed by atoms with van der Waals surface area (Å²) in [6.07, 6.45) is 0. The highest BCUT2D eigenvalue weighted by atomic mass is 32.1. The molecular formula is C50H30N4S. The molecule has 12 aromatic rings. The van der Waals surface area contributed by atoms with Crippen LogP contribution in [0.3, 0.4) is 0 Å². The lowest BCUT2D eigenvalue weighted by atomic mass is 10.0. The highest BCUT2D eigenvalue weighted by Gasteiger charge is 2.23. The summed E-state index contributed by atoms with van der Waals surface area (Å²) in [7, 11) is 0. The van der Waals surface area contributed by atoms with E-state index in [1.807, 2.05) is 41.7 Å². The lowest BCUT2D eigenvalue weighted by Crippen LogP contribution is -2.00. The van der Waals surface area contributed by atoms with Crippen LogP contribution in [0.1, 0.15) is 0 Å². The van der Waals surface area contributed by atoms with Crippen molar-refractivity contribution in [3.8, 4) is 33.9 Å². The smallest absolute Gasteiger partial charge is 0.0973 e. The Labute approximate surface area is 319 Å². The second-order valence-electron chi connectivity index (χ2n) is 14.1. The maximum atomic E-state index is 5.27. The third kappa shape index (κ3) is 4.45. The number of benzene rings is 8. The highest BCUT2D eigenvalue weighted by molar-refractivity contribution is 7.26. The molecule has 5 heteroatoms. The second-order valence-corrected chi connectivity index (χ2v) is 15.2. The van der Waals surface area contributed by atoms with Crippen molar-refractivity contribution in [2.75, 3.05) is 0 Å². The number of rotatable bonds is 4. The van der Waals surface area contributed by atoms with Crippen LogP contribution in [0.5, 0.6) is 0 Å². The van der Waals surface area contributed by atoms with Gasteiger partial charge in [-0.05, 0) is 48.5 Å². The summed E-state index contributed by atoms with van der Waals surface area (Å²) in [5.41, 5.74) is 12.5. The molecule has 4 aromatic heterocycles. The van der Waals surface area contributed by atoms with E-state index in [0.717, 1.165) is 44.8 Å². The Balaban J connectivity index is 1.20. The zero-order valence-corrected chi connectivity index (χ0v) is 30.3. The summed E-state index contributed by atoms with van der Waals surface area (Å²) >= 11 is 1.87. The predicted molar refractivity (Wildman–Crippen MR) is 232 cm³/mol. The minimum absolute atomic E-state index is 0.864. The number of para-hydroxylation sites is 4. The summed E-state index contributed by atoms with van der Waals surface area (Å²) in [6, 6.07) is 65.2. The molecule has 55 heavy (non-hydrogen) atoms. The first-order valence-electron chi connectivity index (χ1n) is 18.6. The Morgan fingerprint density at radius 1 is 0.382 bits per heavy atom. The molecule has 4 nitrogen and oxygen atoms in total. The maximum absolute atomic E-state index is 5.27. The van der Waals surface area contributed by atoms with Crippen molar-refractivity contribution in [3.05, 3.63) is 182 Å². The van der Waals surface area contributed by atoms with E-state index in [4.69, 9.17) is 9.97 Å². The molecular weight excluding hydrogens is 689 g/mol. The van der Waals surface area contributed by atoms with Crippen LogP contribution in [-0.4, -0.2) is 19.1 Å². The van der Waals surface area contributed by atoms with Crippen molar-refractivity contribution in [3.63, 3.8) is 0 Å². The highest BCUT2D eigenvalue weighted by Crippen LogP contribution is 2.45. The van der Waals surface area contributed by atoms with Crippen molar-refractivity contribution < 1.29 is 0 Å². The van der Waals surface area contributed by atoms with Gasteiger partial charge in [-0.25, -0.2) is 9.97 Å². The third-order valence-electron chi connectivity index (χ3n) is 11.1. The molecule has 0 spiro atoms. The van der Waals surface area contributed by atoms with E-state index in [-0.39, 0.29) is 0 Å². The zero-order chi connectivity index (χ0) is 36.0. The molecule has 0 aliphatic heterocycles. The molecule has 0 N–H and O–H groups in total. The fourth-order valence-corrected chi connectivity index (χ4v) is 9.92. The molecule has 0 unspecified atom stereocenters. The van der Waals surface area contributed by atoms with Crippen LogP contribution < -0.4 is 0 Å². The average molecular weight is 719 g/mol. The van der Waals surface area contributed by atoms with Gasteiger partial charge in [0.1, 0.15) is 0 Å². The SMILES string of the molecule is c1ccc(-c2nc3ccccc3nc2-c2cccc(-n3c4ccccc4c4ccc5c6ccccc6n(-c6cccc7c6sc6ccccc67)c5c43)c2)cc1. The Hall–Kier alpha value is -7.08. The molecule has 0 aliphatic rings. The van der Waals surface area contributed by atoms with Crippen LogP contribution in [0.25, 0.3) is 109 Å². The van der Waals surface area contributed by atoms with Crippen LogP contribution in [0.2, 0.25) is 0 Å². The molecule has 8 aromatic carbocycles. The van der Waals surface area contributed by atoms with Crippen molar-refractivity contribution in [2.24, 2.45) is 0 Å². The van der Waals surface area contributed by atoms with Gasteiger partial charge in [0, 0.05) is 53.8 Å². The summed E-state index contributed by atoms with van der Waals surface area (Å²) < 4.78 is 7.57. The topological polar surface area (TPSA) is 35.6 Å². The number of hydrogen-bond acceptors (Lipinski definition) is 3. The lowest BCUT2D eigenvalue weighted by molar-refractivity contribution is 1.16. The first-order valence-corrected chi connectivity index (χ1v) is 19.4. The van der Waals surface area contributed by atoms with E-state index >= 15 is 0 Å². The van der Waals surface area contributed by atoms with Gasteiger partial charge in [0.2, 0.25) is 0 Å². The number of thiophene rings is 1. The first kappa shape index (κ1) is 30.4. The van der Waals surface area contributed by atoms with Crippen LogP contribution in [0.15, 0.2) is 182 Å². The molecule has 256 valence electrons. The molecule has 4 heterocycles. The minimum atomic E-state index is 0.864. The minimum Gasteiger partial charge on any atom is -0.307 e. The van der Waals surface area contributed by atoms with Gasteiger partial charge in [-0.2, -0.15) is 0 Å². The molecule has 0 bridgehead atoms. The van der Waals surface area contributed by atoms with Gasteiger partial charge < -0.3 is 9.13 Å². The standard InChI is InChI=1S/C50H30N4S/c1-2-14-31(15-3-1)46-47(52-41-23-8-7-22-40(41)51-46)32-16-12-17-33(30-32)53-42-24-9-4-18-34(42)37-28-29-38-35-19-5-10-25-43(35)54(49(38)48(37)53)44-26-13-21-39-36-20-6-11-27-45(36)55-50(39)44/h1-30H. The van der Waals surface area contributed by atoms with Gasteiger partial charge in [-0.1, -0.05) is 133 Å². The fraction of sp³-hybridized carbons (Fsp3) is 0. The second kappa shape index (κ2) is 11.7. The Morgan fingerprint density at radius 3 is 1.67 bits per heavy atom. The van der Waals surface area contributed by atoms with Crippen molar-refractivity contribution in [1.82, 2.24) is 19.1 Å². The summed E-state index contributed by atoms with van der Waals surface area (Å²) in [5, 5.41) is 7.49. The van der Waals surface area contributed by atoms with Crippen LogP contribution in [-0.2, 0) is 0 Å². The van der Waals surface area contributed by atoms with Gasteiger partial charge in [0.15, 0.2) is 0 Å². The average Bonchev–Trinajstić information content (AvgIpc) is 3.91. The van der Waals surface area contributed by atoms with E-state index in [9.17, 15) is 0 Å². The Kier molecular flexibility index (Phi) is 6.47. The number of nitrogens with zero attached hydrogens (tertiary/aromatic N) is 4. The van der Waals surface area contributed by atoms with Crippen molar-refractivity contribution in [1.29, 1.82) is 0 Å². The van der Waals surface area contributed by atoms with Gasteiger partial charge in [0.05, 0.1) is 54.9 Å². The monoisotopic (exact) mass is 718 g/mol. The van der Waals surface area contributed by atoms with Gasteiger partial charge in [-0.3, -0.25) is 0 Å². The molecule has 0 radical (unpaired) electrons. The van der Waals surface area contributed by atoms with Crippen LogP contribution in [0.4, 0.5) is 0 Å². The van der Waals surface area contributed by atoms with E-state index in [2.05, 4.69) is 161 Å². The van der Waals surface area contributed by atoms with Gasteiger partial charge >= 0.3 is 0 Å². The van der Waals surface area contributed by atoms with E-state index in [1.54, 1.807) is 0 Å². The number of aromatic nitrogens is 4. The van der Waals surface area contributed by atoms with Gasteiger partial charge in [-0.15, -0.1) is 11.3 Å². The summed E-state index contributed by atoms with van der Waals surface area (Å²) in [5.74, 6) is 0. The Bertz CT molecular complexity index is 3500. The first-order chi connectivity index (χ1) is 27.3. The molecule has 12 rings (SSSR count). The normalized spacial score (nSPS) is 12.0. The number of hydrogen-bond donors (Lipinski definition) is 0. The molecule has 0 saturated heterocycles. The molecule has 0 fully saturated rings. The van der Waals surface area contributed by atoms with Gasteiger partial charge in [0.25, 0.3) is 0 Å². The summed E-state index contributed by atoms with van der Waals surface area (Å²) in [4.78, 5) is 10.5. The van der Waals surface area contributed by atoms with Crippen molar-refractivity contribution >= 4 is 86.2 Å². The maximum Gasteiger partial charge on any atom is 0.0973 e. The van der Waals surface area contributed by atoms with E-state index in [0.29, 0.717) is 0 Å². The zero-order valence-electron chi connectivity index (χ0n) is 29.5. The molecule has 0 aliphatic carbocycles. The largest absolute Gasteiger partial charge is 0.307 e. The molecule has 0 saturated carbocycles.